The van der Waals surface area contributed by atoms with Crippen molar-refractivity contribution in [1.82, 2.24) is 9.91 Å². The second kappa shape index (κ2) is 9.25. The summed E-state index contributed by atoms with van der Waals surface area (Å²) >= 11 is 0. The van der Waals surface area contributed by atoms with E-state index in [2.05, 4.69) is 56.0 Å². The minimum absolute atomic E-state index is 0.00413. The number of likely N-dealkylation sites (tertiary alicyclic amines) is 1. The van der Waals surface area contributed by atoms with Gasteiger partial charge < -0.3 is 5.73 Å². The lowest BCUT2D eigenvalue weighted by molar-refractivity contribution is -0.134. The quantitative estimate of drug-likeness (QED) is 0.786. The van der Waals surface area contributed by atoms with Gasteiger partial charge >= 0.3 is 0 Å². The molecule has 32 heavy (non-hydrogen) atoms. The molecular formula is C26H32N4O2. The molecule has 0 saturated carbocycles. The van der Waals surface area contributed by atoms with Crippen LogP contribution in [0.3, 0.4) is 0 Å². The zero-order valence-corrected chi connectivity index (χ0v) is 19.2. The molecule has 2 aromatic carbocycles. The molecule has 1 fully saturated rings. The van der Waals surface area contributed by atoms with Crippen molar-refractivity contribution in [1.29, 1.82) is 0 Å². The summed E-state index contributed by atoms with van der Waals surface area (Å²) in [5, 5.41) is 6.55. The van der Waals surface area contributed by atoms with Crippen molar-refractivity contribution in [2.24, 2.45) is 16.8 Å². The number of nitrogens with two attached hydrogens (primary N) is 1. The summed E-state index contributed by atoms with van der Waals surface area (Å²) in [5.41, 5.74) is 12.2. The summed E-state index contributed by atoms with van der Waals surface area (Å²) in [6.45, 7) is 7.98. The van der Waals surface area contributed by atoms with Gasteiger partial charge in [-0.15, -0.1) is 0 Å². The topological polar surface area (TPSA) is 79.0 Å². The highest BCUT2D eigenvalue weighted by Gasteiger charge is 2.35. The monoisotopic (exact) mass is 432 g/mol. The van der Waals surface area contributed by atoms with Crippen LogP contribution in [-0.2, 0) is 9.59 Å². The van der Waals surface area contributed by atoms with Gasteiger partial charge in [-0.3, -0.25) is 14.5 Å². The van der Waals surface area contributed by atoms with Gasteiger partial charge in [0.15, 0.2) is 0 Å². The van der Waals surface area contributed by atoms with Crippen LogP contribution in [0.15, 0.2) is 47.6 Å². The predicted octanol–water partition coefficient (Wildman–Crippen LogP) is 3.49. The van der Waals surface area contributed by atoms with Gasteiger partial charge in [0.25, 0.3) is 5.91 Å². The number of aryl methyl sites for hydroxylation is 3. The van der Waals surface area contributed by atoms with Gasteiger partial charge in [-0.25, -0.2) is 5.01 Å². The van der Waals surface area contributed by atoms with Gasteiger partial charge in [0.2, 0.25) is 5.91 Å². The number of nitrogens with zero attached hydrogens (tertiary/aromatic N) is 3. The molecule has 1 saturated heterocycles. The van der Waals surface area contributed by atoms with E-state index in [0.717, 1.165) is 22.4 Å². The van der Waals surface area contributed by atoms with E-state index in [-0.39, 0.29) is 23.8 Å². The number of hydrogen-bond donors (Lipinski definition) is 1. The Morgan fingerprint density at radius 2 is 1.75 bits per heavy atom. The van der Waals surface area contributed by atoms with E-state index in [1.807, 2.05) is 12.1 Å². The molecule has 1 unspecified atom stereocenters. The molecule has 6 heteroatoms. The van der Waals surface area contributed by atoms with Crippen LogP contribution in [0, 0.1) is 26.7 Å². The molecule has 6 nitrogen and oxygen atoms in total. The average Bonchev–Trinajstić information content (AvgIpc) is 3.19. The Labute approximate surface area is 190 Å². The van der Waals surface area contributed by atoms with Crippen molar-refractivity contribution in [2.75, 3.05) is 19.6 Å². The number of hydrogen-bond acceptors (Lipinski definition) is 4. The number of piperidine rings is 1. The van der Waals surface area contributed by atoms with Gasteiger partial charge in [0.1, 0.15) is 0 Å². The number of amides is 2. The number of carbonyl (C=O) groups excluding carboxylic acids is 2. The van der Waals surface area contributed by atoms with Crippen LogP contribution in [0.5, 0.6) is 0 Å². The van der Waals surface area contributed by atoms with Crippen LogP contribution in [0.4, 0.5) is 0 Å². The second-order valence-corrected chi connectivity index (χ2v) is 9.13. The molecule has 2 amide bonds. The van der Waals surface area contributed by atoms with E-state index in [9.17, 15) is 9.59 Å². The number of rotatable bonds is 5. The lowest BCUT2D eigenvalue weighted by Gasteiger charge is -2.31. The van der Waals surface area contributed by atoms with Gasteiger partial charge in [-0.2, -0.15) is 5.10 Å². The van der Waals surface area contributed by atoms with Crippen LogP contribution >= 0.6 is 0 Å². The van der Waals surface area contributed by atoms with Gasteiger partial charge in [0, 0.05) is 17.9 Å². The van der Waals surface area contributed by atoms with Gasteiger partial charge in [-0.1, -0.05) is 48.0 Å². The molecule has 1 atom stereocenters. The molecule has 168 valence electrons. The maximum absolute atomic E-state index is 13.4. The maximum Gasteiger partial charge on any atom is 0.257 e. The van der Waals surface area contributed by atoms with E-state index in [1.165, 1.54) is 11.1 Å². The zero-order chi connectivity index (χ0) is 22.8. The first-order chi connectivity index (χ1) is 15.3. The summed E-state index contributed by atoms with van der Waals surface area (Å²) in [6.07, 6.45) is 2.12. The highest BCUT2D eigenvalue weighted by Crippen LogP contribution is 2.35. The Morgan fingerprint density at radius 1 is 1.03 bits per heavy atom. The molecule has 0 bridgehead atoms. The van der Waals surface area contributed by atoms with Crippen LogP contribution in [0.1, 0.15) is 53.1 Å². The van der Waals surface area contributed by atoms with Crippen molar-refractivity contribution < 1.29 is 9.59 Å². The molecule has 2 N–H and O–H groups in total. The molecule has 0 aliphatic carbocycles. The molecule has 4 rings (SSSR count). The third-order valence-electron chi connectivity index (χ3n) is 6.75. The smallest absolute Gasteiger partial charge is 0.257 e. The largest absolute Gasteiger partial charge is 0.369 e. The number of carbonyl (C=O) groups is 2. The highest BCUT2D eigenvalue weighted by molar-refractivity contribution is 6.04. The van der Waals surface area contributed by atoms with Crippen LogP contribution in [-0.4, -0.2) is 47.1 Å². The molecule has 2 aromatic rings. The van der Waals surface area contributed by atoms with Crippen molar-refractivity contribution in [3.8, 4) is 0 Å². The first-order valence-corrected chi connectivity index (χ1v) is 11.4. The first kappa shape index (κ1) is 22.2. The van der Waals surface area contributed by atoms with E-state index in [0.29, 0.717) is 38.9 Å². The highest BCUT2D eigenvalue weighted by atomic mass is 16.2. The molecule has 0 radical (unpaired) electrons. The third kappa shape index (κ3) is 4.60. The van der Waals surface area contributed by atoms with Crippen molar-refractivity contribution in [3.63, 3.8) is 0 Å². The summed E-state index contributed by atoms with van der Waals surface area (Å²) in [5.74, 6) is -0.324. The summed E-state index contributed by atoms with van der Waals surface area (Å²) in [7, 11) is 0. The number of benzene rings is 2. The van der Waals surface area contributed by atoms with Crippen LogP contribution < -0.4 is 5.73 Å². The Hall–Kier alpha value is -2.99. The number of primary amides is 1. The van der Waals surface area contributed by atoms with E-state index in [4.69, 9.17) is 10.8 Å². The average molecular weight is 433 g/mol. The van der Waals surface area contributed by atoms with E-state index in [1.54, 1.807) is 5.01 Å². The fraction of sp³-hybridized carbons (Fsp3) is 0.423. The fourth-order valence-electron chi connectivity index (χ4n) is 4.88. The second-order valence-electron chi connectivity index (χ2n) is 9.13. The zero-order valence-electron chi connectivity index (χ0n) is 19.2. The lowest BCUT2D eigenvalue weighted by atomic mass is 9.93. The molecular weight excluding hydrogens is 400 g/mol. The predicted molar refractivity (Wildman–Crippen MR) is 126 cm³/mol. The standard InChI is InChI=1S/C26H32N4O2/c1-17-8-9-21(19(3)14-17)23-15-24(22-7-5-4-6-18(22)2)30(28-23)25(31)16-29-12-10-20(11-13-29)26(27)32/h4-9,14,20,24H,10-13,15-16H2,1-3H3,(H2,27,32). The van der Waals surface area contributed by atoms with Crippen LogP contribution in [0.25, 0.3) is 0 Å². The maximum atomic E-state index is 13.4. The Kier molecular flexibility index (Phi) is 6.42. The molecule has 0 spiro atoms. The molecule has 2 aliphatic heterocycles. The SMILES string of the molecule is Cc1ccc(C2=NN(C(=O)CN3CCC(C(N)=O)CC3)C(c3ccccc3C)C2)c(C)c1. The van der Waals surface area contributed by atoms with Gasteiger partial charge in [-0.05, 0) is 63.4 Å². The van der Waals surface area contributed by atoms with Crippen molar-refractivity contribution in [2.45, 2.75) is 46.1 Å². The molecule has 2 heterocycles. The third-order valence-corrected chi connectivity index (χ3v) is 6.75. The van der Waals surface area contributed by atoms with Crippen molar-refractivity contribution in [3.05, 3.63) is 70.3 Å². The van der Waals surface area contributed by atoms with Gasteiger partial charge in [0.05, 0.1) is 18.3 Å². The summed E-state index contributed by atoms with van der Waals surface area (Å²) in [4.78, 5) is 27.0. The summed E-state index contributed by atoms with van der Waals surface area (Å²) < 4.78 is 0. The van der Waals surface area contributed by atoms with E-state index < -0.39 is 0 Å². The number of hydrazone groups is 1. The summed E-state index contributed by atoms with van der Waals surface area (Å²) in [6, 6.07) is 14.5. The van der Waals surface area contributed by atoms with E-state index >= 15 is 0 Å². The first-order valence-electron chi connectivity index (χ1n) is 11.4. The Balaban J connectivity index is 1.58. The van der Waals surface area contributed by atoms with Crippen molar-refractivity contribution >= 4 is 17.5 Å². The molecule has 2 aliphatic rings. The molecule has 0 aromatic heterocycles. The van der Waals surface area contributed by atoms with Crippen LogP contribution in [0.2, 0.25) is 0 Å². The Morgan fingerprint density at radius 3 is 2.41 bits per heavy atom. The lowest BCUT2D eigenvalue weighted by Crippen LogP contribution is -2.44. The minimum atomic E-state index is -0.238. The fourth-order valence-corrected chi connectivity index (χ4v) is 4.88. The minimum Gasteiger partial charge on any atom is -0.369 e. The Bertz CT molecular complexity index is 1050. The normalized spacial score (nSPS) is 19.8.